The Morgan fingerprint density at radius 2 is 1.93 bits per heavy atom. The van der Waals surface area contributed by atoms with E-state index in [1.54, 1.807) is 14.0 Å². The van der Waals surface area contributed by atoms with Gasteiger partial charge in [0.05, 0.1) is 12.6 Å². The summed E-state index contributed by atoms with van der Waals surface area (Å²) in [6.07, 6.45) is 1.35. The Balaban J connectivity index is 0.00000300. The van der Waals surface area contributed by atoms with Gasteiger partial charge in [0, 0.05) is 5.69 Å². The van der Waals surface area contributed by atoms with E-state index in [1.807, 2.05) is 23.1 Å². The Morgan fingerprint density at radius 1 is 1.21 bits per heavy atom. The molecule has 0 spiro atoms. The summed E-state index contributed by atoms with van der Waals surface area (Å²) in [5, 5.41) is 5.87. The smallest absolute Gasteiger partial charge is 0.249 e. The molecule has 5 nitrogen and oxygen atoms in total. The fourth-order valence-corrected chi connectivity index (χ4v) is 3.63. The lowest BCUT2D eigenvalue weighted by Gasteiger charge is -2.27. The summed E-state index contributed by atoms with van der Waals surface area (Å²) in [7, 11) is 1.74. The van der Waals surface area contributed by atoms with Crippen molar-refractivity contribution in [2.75, 3.05) is 11.9 Å². The number of benzene rings is 2. The third-order valence-electron chi connectivity index (χ3n) is 5.52. The van der Waals surface area contributed by atoms with E-state index in [2.05, 4.69) is 48.7 Å². The van der Waals surface area contributed by atoms with Crippen LogP contribution in [0.4, 0.5) is 5.69 Å². The van der Waals surface area contributed by atoms with Crippen LogP contribution in [0.2, 0.25) is 0 Å². The standard InChI is InChI=1S/C23H29N3O2.ClH/c1-15-9-10-19(16(2)13-15)14-26-21-8-6-5-7-18(21)11-12-20(23(26)28)25-22(27)17(3)24-4;/h5-10,13,17,20,24H,11-12,14H2,1-4H3,(H,25,27);1H/t17-,20-;/m0./s1. The van der Waals surface area contributed by atoms with Crippen LogP contribution in [0.3, 0.4) is 0 Å². The number of anilines is 1. The van der Waals surface area contributed by atoms with Gasteiger partial charge >= 0.3 is 0 Å². The predicted molar refractivity (Wildman–Crippen MR) is 120 cm³/mol. The first-order valence-electron chi connectivity index (χ1n) is 9.83. The number of hydrogen-bond donors (Lipinski definition) is 2. The van der Waals surface area contributed by atoms with Gasteiger partial charge in [-0.1, -0.05) is 42.0 Å². The maximum Gasteiger partial charge on any atom is 0.249 e. The molecule has 29 heavy (non-hydrogen) atoms. The topological polar surface area (TPSA) is 61.4 Å². The van der Waals surface area contributed by atoms with Crippen molar-refractivity contribution >= 4 is 29.9 Å². The molecule has 0 fully saturated rings. The van der Waals surface area contributed by atoms with Crippen molar-refractivity contribution in [2.24, 2.45) is 0 Å². The van der Waals surface area contributed by atoms with Gasteiger partial charge in [-0.3, -0.25) is 9.59 Å². The van der Waals surface area contributed by atoms with Crippen molar-refractivity contribution in [3.63, 3.8) is 0 Å². The van der Waals surface area contributed by atoms with E-state index in [9.17, 15) is 9.59 Å². The van der Waals surface area contributed by atoms with E-state index in [4.69, 9.17) is 0 Å². The van der Waals surface area contributed by atoms with E-state index >= 15 is 0 Å². The molecule has 1 heterocycles. The first-order chi connectivity index (χ1) is 13.4. The number of aryl methyl sites for hydroxylation is 3. The lowest BCUT2D eigenvalue weighted by Crippen LogP contribution is -2.52. The highest BCUT2D eigenvalue weighted by Crippen LogP contribution is 2.29. The number of amides is 2. The summed E-state index contributed by atoms with van der Waals surface area (Å²) in [5.74, 6) is -0.208. The summed E-state index contributed by atoms with van der Waals surface area (Å²) in [6, 6.07) is 13.5. The Morgan fingerprint density at radius 3 is 2.62 bits per heavy atom. The maximum absolute atomic E-state index is 13.4. The molecule has 0 aliphatic carbocycles. The van der Waals surface area contributed by atoms with Crippen molar-refractivity contribution in [1.29, 1.82) is 0 Å². The molecule has 2 amide bonds. The first-order valence-corrected chi connectivity index (χ1v) is 9.83. The number of halogens is 1. The van der Waals surface area contributed by atoms with Gasteiger partial charge in [0.15, 0.2) is 0 Å². The average Bonchev–Trinajstić information content (AvgIpc) is 2.81. The molecule has 0 aromatic heterocycles. The van der Waals surface area contributed by atoms with Crippen LogP contribution in [-0.2, 0) is 22.6 Å². The molecule has 156 valence electrons. The molecule has 2 aromatic rings. The van der Waals surface area contributed by atoms with Gasteiger partial charge in [-0.15, -0.1) is 12.4 Å². The van der Waals surface area contributed by atoms with Crippen molar-refractivity contribution in [3.8, 4) is 0 Å². The van der Waals surface area contributed by atoms with Gasteiger partial charge in [0.2, 0.25) is 11.8 Å². The Kier molecular flexibility index (Phi) is 7.82. The molecule has 0 unspecified atom stereocenters. The second-order valence-electron chi connectivity index (χ2n) is 7.59. The molecule has 0 bridgehead atoms. The number of hydrogen-bond acceptors (Lipinski definition) is 3. The van der Waals surface area contributed by atoms with E-state index in [0.717, 1.165) is 23.2 Å². The van der Waals surface area contributed by atoms with Gasteiger partial charge in [0.1, 0.15) is 6.04 Å². The minimum Gasteiger partial charge on any atom is -0.343 e. The zero-order valence-corrected chi connectivity index (χ0v) is 18.3. The molecular formula is C23H30ClN3O2. The third-order valence-corrected chi connectivity index (χ3v) is 5.52. The van der Waals surface area contributed by atoms with Crippen LogP contribution in [-0.4, -0.2) is 30.9 Å². The van der Waals surface area contributed by atoms with Crippen molar-refractivity contribution < 1.29 is 9.59 Å². The zero-order valence-electron chi connectivity index (χ0n) is 17.5. The van der Waals surface area contributed by atoms with Crippen molar-refractivity contribution in [2.45, 2.75) is 52.2 Å². The number of nitrogens with zero attached hydrogens (tertiary/aromatic N) is 1. The van der Waals surface area contributed by atoms with Crippen LogP contribution >= 0.6 is 12.4 Å². The third kappa shape index (κ3) is 5.17. The SMILES string of the molecule is CN[C@@H](C)C(=O)N[C@H]1CCc2ccccc2N(Cc2ccc(C)cc2C)C1=O.Cl. The summed E-state index contributed by atoms with van der Waals surface area (Å²) in [4.78, 5) is 27.6. The fraction of sp³-hybridized carbons (Fsp3) is 0.391. The van der Waals surface area contributed by atoms with E-state index < -0.39 is 6.04 Å². The summed E-state index contributed by atoms with van der Waals surface area (Å²) < 4.78 is 0. The van der Waals surface area contributed by atoms with Gasteiger partial charge in [-0.05, 0) is 63.4 Å². The molecule has 0 saturated carbocycles. The lowest BCUT2D eigenvalue weighted by molar-refractivity contribution is -0.128. The van der Waals surface area contributed by atoms with Gasteiger partial charge < -0.3 is 15.5 Å². The quantitative estimate of drug-likeness (QED) is 0.787. The van der Waals surface area contributed by atoms with Gasteiger partial charge in [-0.25, -0.2) is 0 Å². The van der Waals surface area contributed by atoms with Crippen molar-refractivity contribution in [1.82, 2.24) is 10.6 Å². The monoisotopic (exact) mass is 415 g/mol. The minimum absolute atomic E-state index is 0. The van der Waals surface area contributed by atoms with E-state index in [1.165, 1.54) is 11.1 Å². The summed E-state index contributed by atoms with van der Waals surface area (Å²) in [6.45, 7) is 6.43. The highest BCUT2D eigenvalue weighted by molar-refractivity contribution is 6.00. The number of carbonyl (C=O) groups is 2. The predicted octanol–water partition coefficient (Wildman–Crippen LogP) is 3.30. The molecule has 1 aliphatic heterocycles. The van der Waals surface area contributed by atoms with Crippen LogP contribution < -0.4 is 15.5 Å². The number of fused-ring (bicyclic) bond motifs is 1. The van der Waals surface area contributed by atoms with Crippen LogP contribution in [0.5, 0.6) is 0 Å². The molecule has 1 aliphatic rings. The van der Waals surface area contributed by atoms with Crippen LogP contribution in [0.15, 0.2) is 42.5 Å². The lowest BCUT2D eigenvalue weighted by atomic mass is 10.0. The molecule has 2 atom stereocenters. The number of rotatable bonds is 5. The number of likely N-dealkylation sites (N-methyl/N-ethyl adjacent to an activating group) is 1. The normalized spacial score (nSPS) is 17.0. The summed E-state index contributed by atoms with van der Waals surface area (Å²) >= 11 is 0. The summed E-state index contributed by atoms with van der Waals surface area (Å²) in [5.41, 5.74) is 5.56. The molecule has 2 aromatic carbocycles. The maximum atomic E-state index is 13.4. The highest BCUT2D eigenvalue weighted by Gasteiger charge is 2.32. The first kappa shape index (κ1) is 22.9. The second-order valence-corrected chi connectivity index (χ2v) is 7.59. The number of nitrogens with one attached hydrogen (secondary N) is 2. The Hall–Kier alpha value is -2.37. The molecule has 0 saturated heterocycles. The number of carbonyl (C=O) groups excluding carboxylic acids is 2. The fourth-order valence-electron chi connectivity index (χ4n) is 3.63. The molecule has 3 rings (SSSR count). The largest absolute Gasteiger partial charge is 0.343 e. The van der Waals surface area contributed by atoms with E-state index in [0.29, 0.717) is 13.0 Å². The molecule has 0 radical (unpaired) electrons. The van der Waals surface area contributed by atoms with Crippen LogP contribution in [0, 0.1) is 13.8 Å². The van der Waals surface area contributed by atoms with Gasteiger partial charge in [0.25, 0.3) is 0 Å². The molecular weight excluding hydrogens is 386 g/mol. The second kappa shape index (κ2) is 9.90. The van der Waals surface area contributed by atoms with Crippen LogP contribution in [0.1, 0.15) is 35.6 Å². The average molecular weight is 416 g/mol. The minimum atomic E-state index is -0.526. The Labute approximate surface area is 179 Å². The Bertz CT molecular complexity index is 884. The zero-order chi connectivity index (χ0) is 20.3. The van der Waals surface area contributed by atoms with Crippen molar-refractivity contribution in [3.05, 3.63) is 64.7 Å². The van der Waals surface area contributed by atoms with E-state index in [-0.39, 0.29) is 30.3 Å². The number of para-hydroxylation sites is 1. The molecule has 2 N–H and O–H groups in total. The van der Waals surface area contributed by atoms with Gasteiger partial charge in [-0.2, -0.15) is 0 Å². The highest BCUT2D eigenvalue weighted by atomic mass is 35.5. The molecule has 6 heteroatoms. The van der Waals surface area contributed by atoms with Crippen LogP contribution in [0.25, 0.3) is 0 Å².